The Balaban J connectivity index is 1.64. The third-order valence-electron chi connectivity index (χ3n) is 5.20. The van der Waals surface area contributed by atoms with Crippen molar-refractivity contribution in [3.8, 4) is 0 Å². The normalized spacial score (nSPS) is 20.5. The van der Waals surface area contributed by atoms with Crippen molar-refractivity contribution in [2.45, 2.75) is 50.6 Å². The standard InChI is InChI=1S/C17H33N5O2/c1-18-16(19-10-13-21(2)15-6-4-5-7-15)20-14-8-11-22(12-9-14)17(23)24-3/h14-15H,4-13H2,1-3H3,(H2,18,19,20). The van der Waals surface area contributed by atoms with E-state index in [4.69, 9.17) is 4.74 Å². The van der Waals surface area contributed by atoms with Crippen LogP contribution in [0.1, 0.15) is 38.5 Å². The van der Waals surface area contributed by atoms with Crippen molar-refractivity contribution < 1.29 is 9.53 Å². The number of hydrogen-bond donors (Lipinski definition) is 2. The molecule has 1 heterocycles. The number of nitrogens with one attached hydrogen (secondary N) is 2. The Morgan fingerprint density at radius 3 is 2.50 bits per heavy atom. The van der Waals surface area contributed by atoms with E-state index >= 15 is 0 Å². The van der Waals surface area contributed by atoms with Gasteiger partial charge < -0.3 is 25.2 Å². The minimum atomic E-state index is -0.231. The van der Waals surface area contributed by atoms with Crippen LogP contribution in [0.15, 0.2) is 4.99 Å². The molecule has 2 N–H and O–H groups in total. The summed E-state index contributed by atoms with van der Waals surface area (Å²) in [6.45, 7) is 3.39. The number of aliphatic imine (C=N–C) groups is 1. The molecule has 0 spiro atoms. The molecule has 1 saturated heterocycles. The lowest BCUT2D eigenvalue weighted by Gasteiger charge is -2.32. The first-order valence-corrected chi connectivity index (χ1v) is 9.14. The van der Waals surface area contributed by atoms with E-state index in [1.165, 1.54) is 32.8 Å². The number of guanidine groups is 1. The third kappa shape index (κ3) is 5.54. The summed E-state index contributed by atoms with van der Waals surface area (Å²) in [5, 5.41) is 6.88. The average molecular weight is 339 g/mol. The molecule has 0 radical (unpaired) electrons. The van der Waals surface area contributed by atoms with E-state index in [2.05, 4.69) is 27.6 Å². The number of nitrogens with zero attached hydrogens (tertiary/aromatic N) is 3. The minimum Gasteiger partial charge on any atom is -0.453 e. The van der Waals surface area contributed by atoms with E-state index in [0.29, 0.717) is 6.04 Å². The fourth-order valence-corrected chi connectivity index (χ4v) is 3.60. The molecule has 1 saturated carbocycles. The van der Waals surface area contributed by atoms with Crippen LogP contribution in [0.25, 0.3) is 0 Å². The molecule has 24 heavy (non-hydrogen) atoms. The molecule has 138 valence electrons. The number of methoxy groups -OCH3 is 1. The fourth-order valence-electron chi connectivity index (χ4n) is 3.60. The van der Waals surface area contributed by atoms with Crippen molar-refractivity contribution in [3.05, 3.63) is 0 Å². The summed E-state index contributed by atoms with van der Waals surface area (Å²) in [6.07, 6.45) is 7.01. The summed E-state index contributed by atoms with van der Waals surface area (Å²) in [5.41, 5.74) is 0. The van der Waals surface area contributed by atoms with E-state index in [1.54, 1.807) is 11.9 Å². The zero-order valence-corrected chi connectivity index (χ0v) is 15.4. The van der Waals surface area contributed by atoms with Crippen molar-refractivity contribution in [1.82, 2.24) is 20.4 Å². The second-order valence-corrected chi connectivity index (χ2v) is 6.79. The molecule has 2 rings (SSSR count). The Morgan fingerprint density at radius 2 is 1.92 bits per heavy atom. The van der Waals surface area contributed by atoms with E-state index in [9.17, 15) is 4.79 Å². The molecule has 0 bridgehead atoms. The number of likely N-dealkylation sites (tertiary alicyclic amines) is 1. The van der Waals surface area contributed by atoms with Gasteiger partial charge in [0.25, 0.3) is 0 Å². The quantitative estimate of drug-likeness (QED) is 0.583. The average Bonchev–Trinajstić information content (AvgIpc) is 3.15. The molecule has 0 unspecified atom stereocenters. The van der Waals surface area contributed by atoms with Gasteiger partial charge >= 0.3 is 6.09 Å². The first kappa shape index (κ1) is 18.8. The summed E-state index contributed by atoms with van der Waals surface area (Å²) in [7, 11) is 5.46. The van der Waals surface area contributed by atoms with E-state index in [1.807, 2.05) is 0 Å². The van der Waals surface area contributed by atoms with Crippen LogP contribution in [0.3, 0.4) is 0 Å². The van der Waals surface area contributed by atoms with Crippen LogP contribution in [-0.4, -0.2) is 81.3 Å². The lowest BCUT2D eigenvalue weighted by molar-refractivity contribution is 0.111. The van der Waals surface area contributed by atoms with Crippen molar-refractivity contribution in [1.29, 1.82) is 0 Å². The molecule has 7 heteroatoms. The van der Waals surface area contributed by atoms with E-state index in [-0.39, 0.29) is 6.09 Å². The molecular formula is C17H33N5O2. The predicted octanol–water partition coefficient (Wildman–Crippen LogP) is 1.26. The lowest BCUT2D eigenvalue weighted by Crippen LogP contribution is -2.50. The zero-order valence-electron chi connectivity index (χ0n) is 15.4. The van der Waals surface area contributed by atoms with Gasteiger partial charge in [-0.1, -0.05) is 12.8 Å². The van der Waals surface area contributed by atoms with Gasteiger partial charge in [-0.15, -0.1) is 0 Å². The van der Waals surface area contributed by atoms with Gasteiger partial charge in [-0.05, 0) is 32.7 Å². The van der Waals surface area contributed by atoms with Gasteiger partial charge in [0.05, 0.1) is 7.11 Å². The Bertz CT molecular complexity index is 415. The highest BCUT2D eigenvalue weighted by Gasteiger charge is 2.24. The maximum Gasteiger partial charge on any atom is 0.409 e. The van der Waals surface area contributed by atoms with Crippen LogP contribution in [0.4, 0.5) is 4.79 Å². The highest BCUT2D eigenvalue weighted by molar-refractivity contribution is 5.80. The molecular weight excluding hydrogens is 306 g/mol. The largest absolute Gasteiger partial charge is 0.453 e. The maximum absolute atomic E-state index is 11.5. The Hall–Kier alpha value is -1.50. The molecule has 1 aliphatic carbocycles. The number of likely N-dealkylation sites (N-methyl/N-ethyl adjacent to an activating group) is 1. The summed E-state index contributed by atoms with van der Waals surface area (Å²) in [6, 6.07) is 1.11. The van der Waals surface area contributed by atoms with E-state index in [0.717, 1.165) is 51.0 Å². The van der Waals surface area contributed by atoms with Crippen LogP contribution < -0.4 is 10.6 Å². The van der Waals surface area contributed by atoms with Gasteiger partial charge in [-0.3, -0.25) is 4.99 Å². The number of hydrogen-bond acceptors (Lipinski definition) is 4. The molecule has 0 aromatic rings. The number of amides is 1. The Kier molecular flexibility index (Phi) is 7.62. The van der Waals surface area contributed by atoms with Crippen LogP contribution in [0.2, 0.25) is 0 Å². The number of piperidine rings is 1. The third-order valence-corrected chi connectivity index (χ3v) is 5.20. The van der Waals surface area contributed by atoms with Crippen molar-refractivity contribution in [2.24, 2.45) is 4.99 Å². The van der Waals surface area contributed by atoms with Crippen LogP contribution in [-0.2, 0) is 4.74 Å². The van der Waals surface area contributed by atoms with E-state index < -0.39 is 0 Å². The molecule has 7 nitrogen and oxygen atoms in total. The van der Waals surface area contributed by atoms with Gasteiger partial charge in [-0.25, -0.2) is 4.79 Å². The van der Waals surface area contributed by atoms with Crippen LogP contribution >= 0.6 is 0 Å². The Labute approximate surface area is 145 Å². The second kappa shape index (κ2) is 9.71. The SMILES string of the molecule is CN=C(NCCN(C)C1CCCC1)NC1CCN(C(=O)OC)CC1. The first-order valence-electron chi connectivity index (χ1n) is 9.14. The fraction of sp³-hybridized carbons (Fsp3) is 0.882. The van der Waals surface area contributed by atoms with Gasteiger partial charge in [-0.2, -0.15) is 0 Å². The molecule has 2 fully saturated rings. The van der Waals surface area contributed by atoms with Crippen molar-refractivity contribution >= 4 is 12.1 Å². The minimum absolute atomic E-state index is 0.231. The highest BCUT2D eigenvalue weighted by atomic mass is 16.5. The number of carbonyl (C=O) groups is 1. The molecule has 1 amide bonds. The smallest absolute Gasteiger partial charge is 0.409 e. The topological polar surface area (TPSA) is 69.2 Å². The number of carbonyl (C=O) groups excluding carboxylic acids is 1. The number of rotatable bonds is 5. The Morgan fingerprint density at radius 1 is 1.25 bits per heavy atom. The lowest BCUT2D eigenvalue weighted by atomic mass is 10.1. The maximum atomic E-state index is 11.5. The van der Waals surface area contributed by atoms with Crippen molar-refractivity contribution in [3.63, 3.8) is 0 Å². The summed E-state index contributed by atoms with van der Waals surface area (Å²) < 4.78 is 4.77. The monoisotopic (exact) mass is 339 g/mol. The second-order valence-electron chi connectivity index (χ2n) is 6.79. The molecule has 1 aliphatic heterocycles. The zero-order chi connectivity index (χ0) is 17.4. The van der Waals surface area contributed by atoms with Gasteiger partial charge in [0, 0.05) is 45.3 Å². The predicted molar refractivity (Wildman–Crippen MR) is 96.4 cm³/mol. The molecule has 0 aromatic carbocycles. The van der Waals surface area contributed by atoms with Crippen LogP contribution in [0, 0.1) is 0 Å². The summed E-state index contributed by atoms with van der Waals surface area (Å²) >= 11 is 0. The van der Waals surface area contributed by atoms with Crippen molar-refractivity contribution in [2.75, 3.05) is 47.4 Å². The van der Waals surface area contributed by atoms with Crippen LogP contribution in [0.5, 0.6) is 0 Å². The van der Waals surface area contributed by atoms with Gasteiger partial charge in [0.2, 0.25) is 0 Å². The highest BCUT2D eigenvalue weighted by Crippen LogP contribution is 2.21. The molecule has 0 atom stereocenters. The molecule has 2 aliphatic rings. The summed E-state index contributed by atoms with van der Waals surface area (Å²) in [4.78, 5) is 20.0. The van der Waals surface area contributed by atoms with Gasteiger partial charge in [0.15, 0.2) is 5.96 Å². The summed E-state index contributed by atoms with van der Waals surface area (Å²) in [5.74, 6) is 0.853. The first-order chi connectivity index (χ1) is 11.6. The number of ether oxygens (including phenoxy) is 1. The van der Waals surface area contributed by atoms with Gasteiger partial charge in [0.1, 0.15) is 0 Å². The molecule has 0 aromatic heterocycles.